The summed E-state index contributed by atoms with van der Waals surface area (Å²) < 4.78 is 5.01. The number of benzene rings is 1. The molecule has 0 bridgehead atoms. The second kappa shape index (κ2) is 6.15. The minimum atomic E-state index is 0.133. The Hall–Kier alpha value is -0.900. The first-order valence-electron chi connectivity index (χ1n) is 5.39. The van der Waals surface area contributed by atoms with Crippen molar-refractivity contribution < 1.29 is 4.42 Å². The van der Waals surface area contributed by atoms with Gasteiger partial charge >= 0.3 is 0 Å². The highest BCUT2D eigenvalue weighted by atomic mass is 35.5. The second-order valence-corrected chi connectivity index (χ2v) is 5.39. The van der Waals surface area contributed by atoms with E-state index in [9.17, 15) is 0 Å². The minimum absolute atomic E-state index is 0.133. The van der Waals surface area contributed by atoms with E-state index in [4.69, 9.17) is 21.8 Å². The molecule has 4 heteroatoms. The molecule has 1 atom stereocenters. The third kappa shape index (κ3) is 4.11. The zero-order valence-corrected chi connectivity index (χ0v) is 10.9. The molecule has 2 nitrogen and oxygen atoms in total. The number of hydrogen-bond donors (Lipinski definition) is 1. The molecule has 2 N–H and O–H groups in total. The maximum atomic E-state index is 6.05. The first-order chi connectivity index (χ1) is 8.24. The fourth-order valence-electron chi connectivity index (χ4n) is 1.50. The van der Waals surface area contributed by atoms with Crippen LogP contribution in [0.25, 0.3) is 0 Å². The Bertz CT molecular complexity index is 441. The molecular formula is C13H14ClNOS. The predicted octanol–water partition coefficient (Wildman–Crippen LogP) is 3.60. The monoisotopic (exact) mass is 267 g/mol. The van der Waals surface area contributed by atoms with Crippen LogP contribution < -0.4 is 5.73 Å². The topological polar surface area (TPSA) is 39.2 Å². The highest BCUT2D eigenvalue weighted by Gasteiger charge is 2.06. The standard InChI is InChI=1S/C13H14ClNOS/c14-11-1-3-13(4-2-11)17-9-12(15)7-10-5-6-16-8-10/h1-6,8,12H,7,9,15H2. The zero-order valence-electron chi connectivity index (χ0n) is 9.30. The Morgan fingerprint density at radius 3 is 2.65 bits per heavy atom. The van der Waals surface area contributed by atoms with Crippen LogP contribution in [-0.2, 0) is 6.42 Å². The summed E-state index contributed by atoms with van der Waals surface area (Å²) in [5.74, 6) is 0.882. The van der Waals surface area contributed by atoms with Gasteiger partial charge < -0.3 is 10.2 Å². The maximum Gasteiger partial charge on any atom is 0.0935 e. The van der Waals surface area contributed by atoms with Crippen LogP contribution in [0, 0.1) is 0 Å². The highest BCUT2D eigenvalue weighted by Crippen LogP contribution is 2.21. The van der Waals surface area contributed by atoms with Gasteiger partial charge in [0.1, 0.15) is 0 Å². The van der Waals surface area contributed by atoms with E-state index >= 15 is 0 Å². The van der Waals surface area contributed by atoms with Crippen LogP contribution in [-0.4, -0.2) is 11.8 Å². The van der Waals surface area contributed by atoms with E-state index in [0.717, 1.165) is 22.8 Å². The van der Waals surface area contributed by atoms with Gasteiger partial charge in [-0.05, 0) is 42.3 Å². The fourth-order valence-corrected chi connectivity index (χ4v) is 2.48. The summed E-state index contributed by atoms with van der Waals surface area (Å²) in [6.45, 7) is 0. The molecule has 0 amide bonds. The Morgan fingerprint density at radius 2 is 2.00 bits per heavy atom. The Kier molecular flexibility index (Phi) is 4.54. The van der Waals surface area contributed by atoms with Crippen LogP contribution in [0.4, 0.5) is 0 Å². The van der Waals surface area contributed by atoms with Gasteiger partial charge in [-0.25, -0.2) is 0 Å². The van der Waals surface area contributed by atoms with Crippen molar-refractivity contribution in [1.82, 2.24) is 0 Å². The van der Waals surface area contributed by atoms with E-state index in [1.807, 2.05) is 30.3 Å². The predicted molar refractivity (Wildman–Crippen MR) is 72.6 cm³/mol. The molecule has 0 aliphatic carbocycles. The molecule has 1 heterocycles. The van der Waals surface area contributed by atoms with Crippen LogP contribution in [0.3, 0.4) is 0 Å². The van der Waals surface area contributed by atoms with Crippen LogP contribution in [0.1, 0.15) is 5.56 Å². The molecule has 1 aromatic carbocycles. The van der Waals surface area contributed by atoms with Gasteiger partial charge in [0.2, 0.25) is 0 Å². The molecule has 1 unspecified atom stereocenters. The summed E-state index contributed by atoms with van der Waals surface area (Å²) in [4.78, 5) is 1.19. The lowest BCUT2D eigenvalue weighted by Crippen LogP contribution is -2.25. The molecule has 2 aromatic rings. The van der Waals surface area contributed by atoms with Crippen molar-refractivity contribution in [3.8, 4) is 0 Å². The summed E-state index contributed by atoms with van der Waals surface area (Å²) in [6, 6.07) is 9.90. The van der Waals surface area contributed by atoms with Gasteiger partial charge in [0, 0.05) is 21.7 Å². The molecule has 0 fully saturated rings. The molecule has 0 aliphatic heterocycles. The molecule has 0 spiro atoms. The van der Waals surface area contributed by atoms with Crippen molar-refractivity contribution in [1.29, 1.82) is 0 Å². The zero-order chi connectivity index (χ0) is 12.1. The van der Waals surface area contributed by atoms with E-state index < -0.39 is 0 Å². The van der Waals surface area contributed by atoms with E-state index in [2.05, 4.69) is 0 Å². The molecule has 90 valence electrons. The molecule has 0 saturated carbocycles. The lowest BCUT2D eigenvalue weighted by Gasteiger charge is -2.09. The van der Waals surface area contributed by atoms with Gasteiger partial charge in [-0.3, -0.25) is 0 Å². The maximum absolute atomic E-state index is 6.05. The minimum Gasteiger partial charge on any atom is -0.472 e. The number of furan rings is 1. The summed E-state index contributed by atoms with van der Waals surface area (Å²) in [5, 5.41) is 0.761. The first kappa shape index (κ1) is 12.6. The molecule has 1 aromatic heterocycles. The third-order valence-corrected chi connectivity index (χ3v) is 3.81. The summed E-state index contributed by atoms with van der Waals surface area (Å²) in [5.41, 5.74) is 7.20. The van der Waals surface area contributed by atoms with E-state index in [-0.39, 0.29) is 6.04 Å². The molecule has 17 heavy (non-hydrogen) atoms. The Morgan fingerprint density at radius 1 is 1.24 bits per heavy atom. The van der Waals surface area contributed by atoms with Gasteiger partial charge in [0.25, 0.3) is 0 Å². The number of thioether (sulfide) groups is 1. The SMILES string of the molecule is NC(CSc1ccc(Cl)cc1)Cc1ccoc1. The molecular weight excluding hydrogens is 254 g/mol. The van der Waals surface area contributed by atoms with Crippen LogP contribution >= 0.6 is 23.4 Å². The van der Waals surface area contributed by atoms with Crippen molar-refractivity contribution in [3.05, 3.63) is 53.4 Å². The number of hydrogen-bond acceptors (Lipinski definition) is 3. The Balaban J connectivity index is 1.79. The van der Waals surface area contributed by atoms with Crippen molar-refractivity contribution in [3.63, 3.8) is 0 Å². The van der Waals surface area contributed by atoms with Gasteiger partial charge in [0.05, 0.1) is 12.5 Å². The van der Waals surface area contributed by atoms with Gasteiger partial charge in [0.15, 0.2) is 0 Å². The summed E-state index contributed by atoms with van der Waals surface area (Å²) in [7, 11) is 0. The van der Waals surface area contributed by atoms with E-state index in [0.29, 0.717) is 0 Å². The van der Waals surface area contributed by atoms with Crippen LogP contribution in [0.2, 0.25) is 5.02 Å². The highest BCUT2D eigenvalue weighted by molar-refractivity contribution is 7.99. The fraction of sp³-hybridized carbons (Fsp3) is 0.231. The van der Waals surface area contributed by atoms with Crippen LogP contribution in [0.15, 0.2) is 52.2 Å². The lowest BCUT2D eigenvalue weighted by atomic mass is 10.1. The first-order valence-corrected chi connectivity index (χ1v) is 6.75. The summed E-state index contributed by atoms with van der Waals surface area (Å²) in [6.07, 6.45) is 4.26. The summed E-state index contributed by atoms with van der Waals surface area (Å²) >= 11 is 7.57. The smallest absolute Gasteiger partial charge is 0.0935 e. The van der Waals surface area contributed by atoms with E-state index in [1.54, 1.807) is 24.3 Å². The number of halogens is 1. The molecule has 2 rings (SSSR count). The van der Waals surface area contributed by atoms with Crippen molar-refractivity contribution in [2.24, 2.45) is 5.73 Å². The Labute approximate surface area is 110 Å². The van der Waals surface area contributed by atoms with Crippen molar-refractivity contribution in [2.45, 2.75) is 17.4 Å². The average Bonchev–Trinajstić information content (AvgIpc) is 2.81. The molecule has 0 aliphatic rings. The molecule has 0 saturated heterocycles. The van der Waals surface area contributed by atoms with Gasteiger partial charge in [-0.2, -0.15) is 0 Å². The molecule has 0 radical (unpaired) electrons. The average molecular weight is 268 g/mol. The number of rotatable bonds is 5. The van der Waals surface area contributed by atoms with Crippen molar-refractivity contribution in [2.75, 3.05) is 5.75 Å². The van der Waals surface area contributed by atoms with Crippen LogP contribution in [0.5, 0.6) is 0 Å². The van der Waals surface area contributed by atoms with Gasteiger partial charge in [-0.1, -0.05) is 11.6 Å². The van der Waals surface area contributed by atoms with Crippen molar-refractivity contribution >= 4 is 23.4 Å². The van der Waals surface area contributed by atoms with E-state index in [1.165, 1.54) is 4.90 Å². The van der Waals surface area contributed by atoms with Gasteiger partial charge in [-0.15, -0.1) is 11.8 Å². The largest absolute Gasteiger partial charge is 0.472 e. The number of nitrogens with two attached hydrogens (primary N) is 1. The third-order valence-electron chi connectivity index (χ3n) is 2.36. The normalized spacial score (nSPS) is 12.6. The lowest BCUT2D eigenvalue weighted by molar-refractivity contribution is 0.562. The second-order valence-electron chi connectivity index (χ2n) is 3.86. The quantitative estimate of drug-likeness (QED) is 0.842.